The van der Waals surface area contributed by atoms with Crippen molar-refractivity contribution in [1.29, 1.82) is 0 Å². The van der Waals surface area contributed by atoms with Crippen LogP contribution in [0.2, 0.25) is 0 Å². The van der Waals surface area contributed by atoms with Gasteiger partial charge >= 0.3 is 21.7 Å². The average molecular weight is 210 g/mol. The zero-order chi connectivity index (χ0) is 7.94. The van der Waals surface area contributed by atoms with E-state index in [0.29, 0.717) is 0 Å². The first-order chi connectivity index (χ1) is 5.39. The molecule has 0 heterocycles. The van der Waals surface area contributed by atoms with E-state index in [4.69, 9.17) is 0 Å². The molecule has 1 unspecified atom stereocenters. The molecule has 2 rings (SSSR count). The Bertz CT molecular complexity index is 228. The molecule has 0 amide bonds. The SMILES string of the molecule is P[c-]1cccc1.[Ti+2].c1cc[cH-]c1. The van der Waals surface area contributed by atoms with Gasteiger partial charge in [-0.15, -0.1) is 5.30 Å². The minimum Gasteiger partial charge on any atom is -0.214 e. The molecular formula is C10H11PTi. The van der Waals surface area contributed by atoms with Gasteiger partial charge in [0, 0.05) is 0 Å². The van der Waals surface area contributed by atoms with Crippen LogP contribution in [0.3, 0.4) is 0 Å². The van der Waals surface area contributed by atoms with Crippen LogP contribution in [0, 0.1) is 0 Å². The van der Waals surface area contributed by atoms with E-state index in [9.17, 15) is 0 Å². The summed E-state index contributed by atoms with van der Waals surface area (Å²) >= 11 is 0. The molecule has 1 atom stereocenters. The molecule has 0 aromatic heterocycles. The fourth-order valence-electron chi connectivity index (χ4n) is 0.710. The van der Waals surface area contributed by atoms with E-state index in [2.05, 4.69) is 9.24 Å². The third kappa shape index (κ3) is 5.49. The largest absolute Gasteiger partial charge is 2.00 e. The summed E-state index contributed by atoms with van der Waals surface area (Å²) < 4.78 is 0. The zero-order valence-electron chi connectivity index (χ0n) is 6.77. The van der Waals surface area contributed by atoms with Gasteiger partial charge < -0.3 is 0 Å². The molecule has 0 N–H and O–H groups in total. The van der Waals surface area contributed by atoms with Gasteiger partial charge in [-0.3, -0.25) is 0 Å². The molecule has 0 aliphatic rings. The topological polar surface area (TPSA) is 0 Å². The molecule has 0 aliphatic heterocycles. The Hall–Kier alpha value is -0.156. The van der Waals surface area contributed by atoms with Gasteiger partial charge in [-0.05, 0) is 0 Å². The van der Waals surface area contributed by atoms with Gasteiger partial charge in [0.15, 0.2) is 0 Å². The second-order valence-electron chi connectivity index (χ2n) is 2.18. The van der Waals surface area contributed by atoms with Gasteiger partial charge in [0.25, 0.3) is 0 Å². The van der Waals surface area contributed by atoms with Gasteiger partial charge in [-0.1, -0.05) is 0 Å². The van der Waals surface area contributed by atoms with Crippen LogP contribution in [0.25, 0.3) is 0 Å². The first-order valence-electron chi connectivity index (χ1n) is 3.53. The van der Waals surface area contributed by atoms with Gasteiger partial charge in [0.05, 0.1) is 0 Å². The molecule has 0 radical (unpaired) electrons. The maximum absolute atomic E-state index is 2.62. The molecule has 0 spiro atoms. The molecule has 0 nitrogen and oxygen atoms in total. The van der Waals surface area contributed by atoms with E-state index in [-0.39, 0.29) is 21.7 Å². The summed E-state index contributed by atoms with van der Waals surface area (Å²) in [4.78, 5) is 0. The Labute approximate surface area is 90.8 Å². The van der Waals surface area contributed by atoms with Crippen molar-refractivity contribution in [3.05, 3.63) is 54.6 Å². The Kier molecular flexibility index (Phi) is 7.39. The van der Waals surface area contributed by atoms with Crippen LogP contribution in [0.5, 0.6) is 0 Å². The summed E-state index contributed by atoms with van der Waals surface area (Å²) in [6.45, 7) is 0. The monoisotopic (exact) mass is 210 g/mol. The molecule has 2 aromatic rings. The van der Waals surface area contributed by atoms with E-state index in [1.165, 1.54) is 5.30 Å². The van der Waals surface area contributed by atoms with Gasteiger partial charge in [0.1, 0.15) is 0 Å². The standard InChI is InChI=1S/C5H6P.C5H5.Ti/c6-5-3-1-2-4-5;1-2-4-5-3-1;/h1-4H,6H2;1-5H;/q2*-1;+2. The summed E-state index contributed by atoms with van der Waals surface area (Å²) in [5, 5.41) is 1.26. The third-order valence-electron chi connectivity index (χ3n) is 1.24. The number of rotatable bonds is 0. The third-order valence-corrected chi connectivity index (χ3v) is 1.63. The van der Waals surface area contributed by atoms with Crippen molar-refractivity contribution in [3.8, 4) is 0 Å². The number of hydrogen-bond donors (Lipinski definition) is 0. The van der Waals surface area contributed by atoms with Crippen molar-refractivity contribution in [2.75, 3.05) is 0 Å². The molecule has 0 saturated carbocycles. The fourth-order valence-corrected chi connectivity index (χ4v) is 0.932. The van der Waals surface area contributed by atoms with Crippen molar-refractivity contribution in [2.24, 2.45) is 0 Å². The maximum Gasteiger partial charge on any atom is 2.00 e. The van der Waals surface area contributed by atoms with Gasteiger partial charge in [-0.25, -0.2) is 24.3 Å². The minimum atomic E-state index is 0. The second-order valence-corrected chi connectivity index (χ2v) is 2.85. The predicted octanol–water partition coefficient (Wildman–Crippen LogP) is 2.31. The zero-order valence-corrected chi connectivity index (χ0v) is 9.49. The first kappa shape index (κ1) is 11.8. The van der Waals surface area contributed by atoms with Crippen LogP contribution < -0.4 is 5.30 Å². The van der Waals surface area contributed by atoms with Crippen molar-refractivity contribution in [2.45, 2.75) is 0 Å². The van der Waals surface area contributed by atoms with Crippen LogP contribution in [-0.4, -0.2) is 0 Å². The summed E-state index contributed by atoms with van der Waals surface area (Å²) in [6.07, 6.45) is 0. The minimum absolute atomic E-state index is 0. The molecule has 2 heteroatoms. The Morgan fingerprint density at radius 3 is 1.58 bits per heavy atom. The average Bonchev–Trinajstić information content (AvgIpc) is 2.57. The molecule has 0 aliphatic carbocycles. The van der Waals surface area contributed by atoms with Crippen molar-refractivity contribution in [3.63, 3.8) is 0 Å². The summed E-state index contributed by atoms with van der Waals surface area (Å²) in [5.41, 5.74) is 0. The fraction of sp³-hybridized carbons (Fsp3) is 0. The van der Waals surface area contributed by atoms with Crippen LogP contribution >= 0.6 is 9.24 Å². The summed E-state index contributed by atoms with van der Waals surface area (Å²) in [7, 11) is 2.62. The van der Waals surface area contributed by atoms with Crippen LogP contribution in [0.4, 0.5) is 0 Å². The van der Waals surface area contributed by atoms with Crippen LogP contribution in [-0.2, 0) is 21.7 Å². The normalized spacial score (nSPS) is 7.75. The molecule has 2 aromatic carbocycles. The molecular weight excluding hydrogens is 199 g/mol. The van der Waals surface area contributed by atoms with Crippen LogP contribution in [0.15, 0.2) is 54.6 Å². The van der Waals surface area contributed by atoms with E-state index >= 15 is 0 Å². The van der Waals surface area contributed by atoms with E-state index < -0.39 is 0 Å². The number of hydrogen-bond acceptors (Lipinski definition) is 0. The Morgan fingerprint density at radius 2 is 1.42 bits per heavy atom. The smallest absolute Gasteiger partial charge is 0.214 e. The second kappa shape index (κ2) is 7.49. The molecule has 0 fully saturated rings. The Balaban J connectivity index is 0.000000189. The maximum atomic E-state index is 2.62. The van der Waals surface area contributed by atoms with Crippen molar-refractivity contribution in [1.82, 2.24) is 0 Å². The van der Waals surface area contributed by atoms with Gasteiger partial charge in [-0.2, -0.15) is 39.6 Å². The molecule has 0 saturated heterocycles. The van der Waals surface area contributed by atoms with E-state index in [0.717, 1.165) is 0 Å². The molecule has 60 valence electrons. The van der Waals surface area contributed by atoms with Crippen molar-refractivity contribution < 1.29 is 21.7 Å². The Morgan fingerprint density at radius 1 is 0.917 bits per heavy atom. The summed E-state index contributed by atoms with van der Waals surface area (Å²) in [5.74, 6) is 0. The molecule has 0 bridgehead atoms. The summed E-state index contributed by atoms with van der Waals surface area (Å²) in [6, 6.07) is 18.1. The predicted molar refractivity (Wildman–Crippen MR) is 53.4 cm³/mol. The molecule has 12 heavy (non-hydrogen) atoms. The quantitative estimate of drug-likeness (QED) is 0.355. The van der Waals surface area contributed by atoms with Crippen LogP contribution in [0.1, 0.15) is 0 Å². The van der Waals surface area contributed by atoms with Gasteiger partial charge in [0.2, 0.25) is 0 Å². The van der Waals surface area contributed by atoms with Crippen molar-refractivity contribution >= 4 is 14.5 Å². The van der Waals surface area contributed by atoms with E-state index in [1.54, 1.807) is 0 Å². The first-order valence-corrected chi connectivity index (χ1v) is 4.11. The van der Waals surface area contributed by atoms with E-state index in [1.807, 2.05) is 54.6 Å².